The first-order valence-electron chi connectivity index (χ1n) is 4.87. The minimum atomic E-state index is -0.306. The van der Waals surface area contributed by atoms with Crippen LogP contribution in [0.25, 0.3) is 0 Å². The van der Waals surface area contributed by atoms with Crippen molar-refractivity contribution in [2.75, 3.05) is 0 Å². The number of phenols is 1. The molecule has 0 saturated carbocycles. The smallest absolute Gasteiger partial charge is 0.339 e. The quantitative estimate of drug-likeness (QED) is 0.595. The van der Waals surface area contributed by atoms with E-state index in [2.05, 4.69) is 0 Å². The van der Waals surface area contributed by atoms with Gasteiger partial charge in [-0.25, -0.2) is 4.79 Å². The largest absolute Gasteiger partial charge is 0.508 e. The van der Waals surface area contributed by atoms with Gasteiger partial charge in [-0.05, 0) is 25.1 Å². The number of allylic oxidation sites excluding steroid dienone is 1. The van der Waals surface area contributed by atoms with Crippen LogP contribution in [0.15, 0.2) is 30.4 Å². The SMILES string of the molecule is C/C=C\CC1OC(=O)c2ccc(O)cc21. The first kappa shape index (κ1) is 9.77. The Hall–Kier alpha value is -1.77. The maximum absolute atomic E-state index is 11.4. The molecule has 0 bridgehead atoms. The highest BCUT2D eigenvalue weighted by molar-refractivity contribution is 5.94. The molecule has 78 valence electrons. The molecular formula is C12H12O3. The number of benzene rings is 1. The number of esters is 1. The number of carbonyl (C=O) groups excluding carboxylic acids is 1. The van der Waals surface area contributed by atoms with Crippen molar-refractivity contribution in [1.29, 1.82) is 0 Å². The van der Waals surface area contributed by atoms with E-state index in [1.54, 1.807) is 12.1 Å². The molecule has 0 aromatic heterocycles. The van der Waals surface area contributed by atoms with Crippen LogP contribution in [-0.4, -0.2) is 11.1 Å². The number of hydrogen-bond donors (Lipinski definition) is 1. The maximum Gasteiger partial charge on any atom is 0.339 e. The molecule has 15 heavy (non-hydrogen) atoms. The molecule has 1 aliphatic rings. The Morgan fingerprint density at radius 2 is 2.33 bits per heavy atom. The summed E-state index contributed by atoms with van der Waals surface area (Å²) >= 11 is 0. The Bertz CT molecular complexity index is 421. The predicted molar refractivity (Wildman–Crippen MR) is 55.7 cm³/mol. The van der Waals surface area contributed by atoms with Crippen molar-refractivity contribution in [2.45, 2.75) is 19.4 Å². The van der Waals surface area contributed by atoms with Crippen LogP contribution in [0, 0.1) is 0 Å². The molecule has 2 rings (SSSR count). The Balaban J connectivity index is 2.35. The fraction of sp³-hybridized carbons (Fsp3) is 0.250. The van der Waals surface area contributed by atoms with Crippen LogP contribution in [0.2, 0.25) is 0 Å². The van der Waals surface area contributed by atoms with Gasteiger partial charge in [0.2, 0.25) is 0 Å². The van der Waals surface area contributed by atoms with Gasteiger partial charge in [-0.15, -0.1) is 0 Å². The van der Waals surface area contributed by atoms with Crippen molar-refractivity contribution in [3.8, 4) is 5.75 Å². The number of ether oxygens (including phenoxy) is 1. The summed E-state index contributed by atoms with van der Waals surface area (Å²) < 4.78 is 5.19. The first-order valence-corrected chi connectivity index (χ1v) is 4.87. The highest BCUT2D eigenvalue weighted by Gasteiger charge is 2.30. The molecule has 3 nitrogen and oxygen atoms in total. The van der Waals surface area contributed by atoms with Crippen molar-refractivity contribution in [3.05, 3.63) is 41.5 Å². The average molecular weight is 204 g/mol. The van der Waals surface area contributed by atoms with E-state index in [0.29, 0.717) is 12.0 Å². The van der Waals surface area contributed by atoms with Gasteiger partial charge >= 0.3 is 5.97 Å². The molecule has 1 atom stereocenters. The summed E-state index contributed by atoms with van der Waals surface area (Å²) in [6, 6.07) is 4.69. The summed E-state index contributed by atoms with van der Waals surface area (Å²) in [4.78, 5) is 11.4. The van der Waals surface area contributed by atoms with E-state index in [1.807, 2.05) is 19.1 Å². The third kappa shape index (κ3) is 1.73. The molecule has 1 aliphatic heterocycles. The molecule has 1 unspecified atom stereocenters. The van der Waals surface area contributed by atoms with E-state index >= 15 is 0 Å². The lowest BCUT2D eigenvalue weighted by molar-refractivity contribution is 0.0392. The fourth-order valence-electron chi connectivity index (χ4n) is 1.69. The number of carbonyl (C=O) groups is 1. The van der Waals surface area contributed by atoms with Crippen molar-refractivity contribution in [1.82, 2.24) is 0 Å². The second kappa shape index (κ2) is 3.77. The monoisotopic (exact) mass is 204 g/mol. The van der Waals surface area contributed by atoms with Crippen LogP contribution in [0.1, 0.15) is 35.4 Å². The summed E-state index contributed by atoms with van der Waals surface area (Å²) in [6.45, 7) is 1.92. The van der Waals surface area contributed by atoms with E-state index in [0.717, 1.165) is 5.56 Å². The summed E-state index contributed by atoms with van der Waals surface area (Å²) in [6.07, 6.45) is 4.25. The summed E-state index contributed by atoms with van der Waals surface area (Å²) in [5.74, 6) is -0.142. The van der Waals surface area contributed by atoms with Crippen LogP contribution in [-0.2, 0) is 4.74 Å². The Morgan fingerprint density at radius 1 is 1.53 bits per heavy atom. The summed E-state index contributed by atoms with van der Waals surface area (Å²) in [7, 11) is 0. The zero-order chi connectivity index (χ0) is 10.8. The molecule has 1 aromatic carbocycles. The first-order chi connectivity index (χ1) is 7.22. The second-order valence-corrected chi connectivity index (χ2v) is 3.47. The van der Waals surface area contributed by atoms with Crippen molar-refractivity contribution in [2.24, 2.45) is 0 Å². The van der Waals surface area contributed by atoms with Crippen LogP contribution in [0.4, 0.5) is 0 Å². The van der Waals surface area contributed by atoms with Crippen LogP contribution in [0.3, 0.4) is 0 Å². The van der Waals surface area contributed by atoms with Gasteiger partial charge in [-0.3, -0.25) is 0 Å². The third-order valence-electron chi connectivity index (χ3n) is 2.44. The van der Waals surface area contributed by atoms with Gasteiger partial charge in [0.25, 0.3) is 0 Å². The minimum Gasteiger partial charge on any atom is -0.508 e. The molecular weight excluding hydrogens is 192 g/mol. The molecule has 1 aromatic rings. The zero-order valence-corrected chi connectivity index (χ0v) is 8.43. The van der Waals surface area contributed by atoms with E-state index in [-0.39, 0.29) is 17.8 Å². The van der Waals surface area contributed by atoms with Gasteiger partial charge in [0.1, 0.15) is 11.9 Å². The summed E-state index contributed by atoms with van der Waals surface area (Å²) in [5, 5.41) is 9.34. The van der Waals surface area contributed by atoms with Crippen molar-refractivity contribution in [3.63, 3.8) is 0 Å². The van der Waals surface area contributed by atoms with E-state index in [1.165, 1.54) is 6.07 Å². The molecule has 1 heterocycles. The Kier molecular flexibility index (Phi) is 2.46. The van der Waals surface area contributed by atoms with E-state index < -0.39 is 0 Å². The number of cyclic esters (lactones) is 1. The topological polar surface area (TPSA) is 46.5 Å². The predicted octanol–water partition coefficient (Wildman–Crippen LogP) is 2.57. The van der Waals surface area contributed by atoms with Crippen LogP contribution in [0.5, 0.6) is 5.75 Å². The van der Waals surface area contributed by atoms with E-state index in [9.17, 15) is 9.90 Å². The normalized spacial score (nSPS) is 19.3. The molecule has 0 saturated heterocycles. The van der Waals surface area contributed by atoms with Gasteiger partial charge in [-0.1, -0.05) is 12.2 Å². The van der Waals surface area contributed by atoms with Crippen molar-refractivity contribution >= 4 is 5.97 Å². The lowest BCUT2D eigenvalue weighted by atomic mass is 10.0. The highest BCUT2D eigenvalue weighted by atomic mass is 16.5. The Labute approximate surface area is 88.0 Å². The number of phenolic OH excluding ortho intramolecular Hbond substituents is 1. The Morgan fingerprint density at radius 3 is 3.07 bits per heavy atom. The molecule has 0 radical (unpaired) electrons. The fourth-order valence-corrected chi connectivity index (χ4v) is 1.69. The number of hydrogen-bond acceptors (Lipinski definition) is 3. The minimum absolute atomic E-state index is 0.164. The van der Waals surface area contributed by atoms with E-state index in [4.69, 9.17) is 4.74 Å². The van der Waals surface area contributed by atoms with Gasteiger partial charge in [0.05, 0.1) is 5.56 Å². The average Bonchev–Trinajstić information content (AvgIpc) is 2.52. The highest BCUT2D eigenvalue weighted by Crippen LogP contribution is 2.35. The third-order valence-corrected chi connectivity index (χ3v) is 2.44. The number of fused-ring (bicyclic) bond motifs is 1. The van der Waals surface area contributed by atoms with Gasteiger partial charge < -0.3 is 9.84 Å². The number of aromatic hydroxyl groups is 1. The molecule has 0 aliphatic carbocycles. The molecule has 3 heteroatoms. The second-order valence-electron chi connectivity index (χ2n) is 3.47. The molecule has 0 spiro atoms. The maximum atomic E-state index is 11.4. The number of rotatable bonds is 2. The van der Waals surface area contributed by atoms with Crippen molar-refractivity contribution < 1.29 is 14.6 Å². The summed E-state index contributed by atoms with van der Waals surface area (Å²) in [5.41, 5.74) is 1.33. The van der Waals surface area contributed by atoms with Gasteiger partial charge in [0, 0.05) is 12.0 Å². The lowest BCUT2D eigenvalue weighted by Gasteiger charge is -2.07. The molecule has 0 amide bonds. The van der Waals surface area contributed by atoms with Gasteiger partial charge in [0.15, 0.2) is 0 Å². The molecule has 1 N–H and O–H groups in total. The van der Waals surface area contributed by atoms with Gasteiger partial charge in [-0.2, -0.15) is 0 Å². The molecule has 0 fully saturated rings. The lowest BCUT2D eigenvalue weighted by Crippen LogP contribution is -1.96. The van der Waals surface area contributed by atoms with Crippen LogP contribution >= 0.6 is 0 Å². The standard InChI is InChI=1S/C12H12O3/c1-2-3-4-11-10-7-8(13)5-6-9(10)12(14)15-11/h2-3,5-7,11,13H,4H2,1H3/b3-2-. The van der Waals surface area contributed by atoms with Crippen LogP contribution < -0.4 is 0 Å². The zero-order valence-electron chi connectivity index (χ0n) is 8.43.